The zero-order valence-corrected chi connectivity index (χ0v) is 11.2. The fourth-order valence-electron chi connectivity index (χ4n) is 1.82. The Balaban J connectivity index is 2.51. The molecule has 0 saturated carbocycles. The van der Waals surface area contributed by atoms with Gasteiger partial charge in [-0.15, -0.1) is 0 Å². The van der Waals surface area contributed by atoms with Gasteiger partial charge >= 0.3 is 0 Å². The third-order valence-corrected chi connectivity index (χ3v) is 3.02. The number of amides is 1. The third-order valence-electron chi connectivity index (χ3n) is 3.02. The molecule has 0 aliphatic heterocycles. The predicted octanol–water partition coefficient (Wildman–Crippen LogP) is 2.34. The lowest BCUT2D eigenvalue weighted by Gasteiger charge is -2.21. The molecule has 0 aliphatic rings. The first kappa shape index (κ1) is 14.6. The molecule has 3 nitrogen and oxygen atoms in total. The molecule has 1 rings (SSSR count). The maximum absolute atomic E-state index is 13.1. The minimum atomic E-state index is -0.254. The van der Waals surface area contributed by atoms with Crippen LogP contribution < -0.4 is 5.32 Å². The van der Waals surface area contributed by atoms with E-state index in [1.807, 2.05) is 26.8 Å². The summed E-state index contributed by atoms with van der Waals surface area (Å²) in [6.45, 7) is 7.54. The number of rotatable bonds is 6. The van der Waals surface area contributed by atoms with E-state index in [1.165, 1.54) is 12.1 Å². The molecular weight excluding hydrogens is 231 g/mol. The minimum absolute atomic E-state index is 0.0415. The van der Waals surface area contributed by atoms with Gasteiger partial charge in [0.15, 0.2) is 0 Å². The summed E-state index contributed by atoms with van der Waals surface area (Å²) in [5, 5.41) is 3.12. The molecule has 100 valence electrons. The van der Waals surface area contributed by atoms with Crippen molar-refractivity contribution in [2.75, 3.05) is 19.6 Å². The van der Waals surface area contributed by atoms with Gasteiger partial charge in [0.2, 0.25) is 5.91 Å². The summed E-state index contributed by atoms with van der Waals surface area (Å²) in [5.41, 5.74) is 0.849. The Kier molecular flexibility index (Phi) is 5.78. The third kappa shape index (κ3) is 4.11. The first-order valence-electron chi connectivity index (χ1n) is 6.35. The van der Waals surface area contributed by atoms with Crippen LogP contribution in [-0.4, -0.2) is 30.4 Å². The van der Waals surface area contributed by atoms with Crippen LogP contribution in [0.15, 0.2) is 24.3 Å². The highest BCUT2D eigenvalue weighted by molar-refractivity contribution is 5.78. The molecule has 0 aromatic heterocycles. The average Bonchev–Trinajstić information content (AvgIpc) is 2.37. The molecule has 1 N–H and O–H groups in total. The number of hydrogen-bond acceptors (Lipinski definition) is 2. The van der Waals surface area contributed by atoms with Crippen LogP contribution in [0.4, 0.5) is 4.39 Å². The van der Waals surface area contributed by atoms with E-state index < -0.39 is 0 Å². The molecule has 0 radical (unpaired) electrons. The summed E-state index contributed by atoms with van der Waals surface area (Å²) in [4.78, 5) is 13.6. The molecule has 18 heavy (non-hydrogen) atoms. The molecule has 1 aromatic carbocycles. The van der Waals surface area contributed by atoms with Crippen LogP contribution in [0.2, 0.25) is 0 Å². The molecule has 0 saturated heterocycles. The van der Waals surface area contributed by atoms with Crippen LogP contribution in [0, 0.1) is 5.82 Å². The lowest BCUT2D eigenvalue weighted by molar-refractivity contribution is -0.129. The van der Waals surface area contributed by atoms with Gasteiger partial charge in [-0.2, -0.15) is 0 Å². The van der Waals surface area contributed by atoms with Crippen molar-refractivity contribution in [2.45, 2.75) is 26.8 Å². The van der Waals surface area contributed by atoms with Gasteiger partial charge in [-0.25, -0.2) is 4.39 Å². The highest BCUT2D eigenvalue weighted by atomic mass is 19.1. The van der Waals surface area contributed by atoms with Crippen molar-refractivity contribution in [3.8, 4) is 0 Å². The monoisotopic (exact) mass is 252 g/mol. The average molecular weight is 252 g/mol. The number of halogens is 1. The topological polar surface area (TPSA) is 32.3 Å². The number of nitrogens with one attached hydrogen (secondary N) is 1. The zero-order chi connectivity index (χ0) is 13.5. The molecule has 0 spiro atoms. The summed E-state index contributed by atoms with van der Waals surface area (Å²) in [7, 11) is 0. The number of nitrogens with zero attached hydrogens (tertiary/aromatic N) is 1. The van der Waals surface area contributed by atoms with E-state index in [0.717, 1.165) is 5.56 Å². The van der Waals surface area contributed by atoms with Crippen molar-refractivity contribution < 1.29 is 9.18 Å². The quantitative estimate of drug-likeness (QED) is 0.843. The molecule has 0 aliphatic carbocycles. The molecule has 4 heteroatoms. The number of hydrogen-bond donors (Lipinski definition) is 1. The largest absolute Gasteiger partial charge is 0.342 e. The van der Waals surface area contributed by atoms with Crippen LogP contribution in [0.5, 0.6) is 0 Å². The summed E-state index contributed by atoms with van der Waals surface area (Å²) >= 11 is 0. The first-order valence-corrected chi connectivity index (χ1v) is 6.35. The van der Waals surface area contributed by atoms with Crippen molar-refractivity contribution in [1.29, 1.82) is 0 Å². The van der Waals surface area contributed by atoms with Crippen molar-refractivity contribution >= 4 is 5.91 Å². The Morgan fingerprint density at radius 2 is 2.06 bits per heavy atom. The number of carbonyl (C=O) groups is 1. The smallest absolute Gasteiger partial charge is 0.236 e. The molecule has 0 bridgehead atoms. The fraction of sp³-hybridized carbons (Fsp3) is 0.500. The van der Waals surface area contributed by atoms with Gasteiger partial charge in [0, 0.05) is 19.1 Å². The molecule has 0 heterocycles. The lowest BCUT2D eigenvalue weighted by atomic mass is 10.1. The van der Waals surface area contributed by atoms with E-state index >= 15 is 0 Å². The summed E-state index contributed by atoms with van der Waals surface area (Å²) in [6.07, 6.45) is 0. The summed E-state index contributed by atoms with van der Waals surface area (Å²) in [5.74, 6) is -0.181. The maximum atomic E-state index is 13.1. The minimum Gasteiger partial charge on any atom is -0.342 e. The van der Waals surface area contributed by atoms with E-state index in [-0.39, 0.29) is 24.3 Å². The van der Waals surface area contributed by atoms with E-state index in [0.29, 0.717) is 13.1 Å². The summed E-state index contributed by atoms with van der Waals surface area (Å²) < 4.78 is 13.1. The molecule has 0 unspecified atom stereocenters. The van der Waals surface area contributed by atoms with Gasteiger partial charge in [0.25, 0.3) is 0 Å². The predicted molar refractivity (Wildman–Crippen MR) is 70.7 cm³/mol. The van der Waals surface area contributed by atoms with Gasteiger partial charge < -0.3 is 10.2 Å². The van der Waals surface area contributed by atoms with Crippen LogP contribution in [0.25, 0.3) is 0 Å². The van der Waals surface area contributed by atoms with Gasteiger partial charge in [-0.05, 0) is 38.5 Å². The summed E-state index contributed by atoms with van der Waals surface area (Å²) in [6, 6.07) is 6.38. The van der Waals surface area contributed by atoms with Gasteiger partial charge in [0.05, 0.1) is 6.54 Å². The standard InChI is InChI=1S/C14H21FN2O/c1-4-17(5-2)14(18)10-16-11(3)12-7-6-8-13(15)9-12/h6-9,11,16H,4-5,10H2,1-3H3/t11-/m0/s1. The number of likely N-dealkylation sites (N-methyl/N-ethyl adjacent to an activating group) is 1. The second-order valence-corrected chi connectivity index (χ2v) is 4.22. The van der Waals surface area contributed by atoms with Gasteiger partial charge in [-0.1, -0.05) is 12.1 Å². The van der Waals surface area contributed by atoms with E-state index in [4.69, 9.17) is 0 Å². The molecule has 1 aromatic rings. The van der Waals surface area contributed by atoms with Crippen LogP contribution in [0.3, 0.4) is 0 Å². The first-order chi connectivity index (χ1) is 8.58. The van der Waals surface area contributed by atoms with Crippen LogP contribution in [-0.2, 0) is 4.79 Å². The second-order valence-electron chi connectivity index (χ2n) is 4.22. The van der Waals surface area contributed by atoms with Crippen molar-refractivity contribution in [3.63, 3.8) is 0 Å². The Hall–Kier alpha value is -1.42. The normalized spacial score (nSPS) is 12.2. The molecular formula is C14H21FN2O. The van der Waals surface area contributed by atoms with Gasteiger partial charge in [-0.3, -0.25) is 4.79 Å². The Morgan fingerprint density at radius 3 is 2.61 bits per heavy atom. The Morgan fingerprint density at radius 1 is 1.39 bits per heavy atom. The molecule has 1 atom stereocenters. The van der Waals surface area contributed by atoms with E-state index in [9.17, 15) is 9.18 Å². The second kappa shape index (κ2) is 7.11. The number of carbonyl (C=O) groups excluding carboxylic acids is 1. The highest BCUT2D eigenvalue weighted by Crippen LogP contribution is 2.12. The molecule has 1 amide bonds. The lowest BCUT2D eigenvalue weighted by Crippen LogP contribution is -2.38. The van der Waals surface area contributed by atoms with E-state index in [2.05, 4.69) is 5.32 Å². The van der Waals surface area contributed by atoms with Crippen molar-refractivity contribution in [1.82, 2.24) is 10.2 Å². The fourth-order valence-corrected chi connectivity index (χ4v) is 1.82. The highest BCUT2D eigenvalue weighted by Gasteiger charge is 2.12. The van der Waals surface area contributed by atoms with Crippen molar-refractivity contribution in [3.05, 3.63) is 35.6 Å². The number of benzene rings is 1. The van der Waals surface area contributed by atoms with E-state index in [1.54, 1.807) is 11.0 Å². The zero-order valence-electron chi connectivity index (χ0n) is 11.2. The maximum Gasteiger partial charge on any atom is 0.236 e. The van der Waals surface area contributed by atoms with Gasteiger partial charge in [0.1, 0.15) is 5.82 Å². The molecule has 0 fully saturated rings. The SMILES string of the molecule is CCN(CC)C(=O)CN[C@@H](C)c1cccc(F)c1. The van der Waals surface area contributed by atoms with Crippen LogP contribution in [0.1, 0.15) is 32.4 Å². The van der Waals surface area contributed by atoms with Crippen LogP contribution >= 0.6 is 0 Å². The Bertz CT molecular complexity index is 391. The van der Waals surface area contributed by atoms with Crippen molar-refractivity contribution in [2.24, 2.45) is 0 Å². The Labute approximate surface area is 108 Å².